The molecule has 2 N–H and O–H groups in total. The van der Waals surface area contributed by atoms with E-state index in [2.05, 4.69) is 38.1 Å². The van der Waals surface area contributed by atoms with E-state index >= 15 is 0 Å². The molecule has 0 amide bonds. The summed E-state index contributed by atoms with van der Waals surface area (Å²) in [5.41, 5.74) is 8.56. The van der Waals surface area contributed by atoms with E-state index in [0.717, 1.165) is 23.1 Å². The average molecular weight is 394 g/mol. The first kappa shape index (κ1) is 20.6. The molecule has 2 nitrogen and oxygen atoms in total. The fraction of sp³-hybridized carbons (Fsp3) is 0.280. The smallest absolute Gasteiger partial charge is 0.145 e. The van der Waals surface area contributed by atoms with Gasteiger partial charge in [0.15, 0.2) is 0 Å². The minimum absolute atomic E-state index is 0.0470. The number of benzene rings is 3. The van der Waals surface area contributed by atoms with E-state index in [-0.39, 0.29) is 6.04 Å². The lowest BCUT2D eigenvalue weighted by atomic mass is 9.80. The van der Waals surface area contributed by atoms with Crippen molar-refractivity contribution in [2.24, 2.45) is 11.7 Å². The molecule has 0 bridgehead atoms. The molecule has 0 fully saturated rings. The molecule has 3 rings (SSSR count). The van der Waals surface area contributed by atoms with Gasteiger partial charge in [-0.15, -0.1) is 0 Å². The van der Waals surface area contributed by atoms with Crippen LogP contribution >= 0.6 is 11.6 Å². The molecule has 0 aromatic heterocycles. The monoisotopic (exact) mass is 393 g/mol. The van der Waals surface area contributed by atoms with E-state index in [4.69, 9.17) is 22.1 Å². The summed E-state index contributed by atoms with van der Waals surface area (Å²) in [4.78, 5) is 0. The Morgan fingerprint density at radius 1 is 0.821 bits per heavy atom. The standard InChI is InChI=1S/C25H28ClNO/c1-19(2)17-22(27)18-28-25(20-11-5-3-6-12-20,21-13-7-4-8-14-21)23-15-9-10-16-24(23)26/h3-16,19,22H,17-18,27H2,1-2H3/t22-/m0/s1. The maximum absolute atomic E-state index is 6.72. The minimum atomic E-state index is -0.824. The lowest BCUT2D eigenvalue weighted by Gasteiger charge is -2.37. The Hall–Kier alpha value is -2.13. The van der Waals surface area contributed by atoms with Crippen molar-refractivity contribution in [3.8, 4) is 0 Å². The number of rotatable bonds is 8. The molecule has 0 saturated heterocycles. The molecule has 0 aliphatic heterocycles. The van der Waals surface area contributed by atoms with Crippen LogP contribution in [0.3, 0.4) is 0 Å². The lowest BCUT2D eigenvalue weighted by molar-refractivity contribution is 0.00280. The van der Waals surface area contributed by atoms with Crippen LogP contribution in [0.1, 0.15) is 37.0 Å². The molecule has 1 atom stereocenters. The Morgan fingerprint density at radius 3 is 1.82 bits per heavy atom. The van der Waals surface area contributed by atoms with E-state index in [1.165, 1.54) is 0 Å². The Kier molecular flexibility index (Phi) is 6.90. The van der Waals surface area contributed by atoms with Crippen LogP contribution < -0.4 is 5.73 Å². The Bertz CT molecular complexity index is 824. The summed E-state index contributed by atoms with van der Waals surface area (Å²) in [7, 11) is 0. The maximum atomic E-state index is 6.72. The fourth-order valence-electron chi connectivity index (χ4n) is 3.72. The van der Waals surface area contributed by atoms with Gasteiger partial charge in [0.05, 0.1) is 6.61 Å². The zero-order chi connectivity index (χ0) is 20.0. The van der Waals surface area contributed by atoms with E-state index in [1.54, 1.807) is 0 Å². The van der Waals surface area contributed by atoms with Crippen molar-refractivity contribution < 1.29 is 4.74 Å². The molecule has 0 saturated carbocycles. The second kappa shape index (κ2) is 9.38. The summed E-state index contributed by atoms with van der Waals surface area (Å²) in [6.45, 7) is 4.79. The molecule has 3 aromatic carbocycles. The van der Waals surface area contributed by atoms with Gasteiger partial charge in [0.25, 0.3) is 0 Å². The quantitative estimate of drug-likeness (QED) is 0.475. The van der Waals surface area contributed by atoms with E-state index in [0.29, 0.717) is 17.5 Å². The van der Waals surface area contributed by atoms with Gasteiger partial charge in [-0.05, 0) is 29.5 Å². The number of hydrogen-bond donors (Lipinski definition) is 1. The van der Waals surface area contributed by atoms with Crippen LogP contribution in [0.4, 0.5) is 0 Å². The number of halogens is 1. The topological polar surface area (TPSA) is 35.2 Å². The summed E-state index contributed by atoms with van der Waals surface area (Å²) in [6.07, 6.45) is 0.905. The van der Waals surface area contributed by atoms with Crippen LogP contribution in [-0.2, 0) is 10.3 Å². The first-order chi connectivity index (χ1) is 13.5. The largest absolute Gasteiger partial charge is 0.359 e. The van der Waals surface area contributed by atoms with Gasteiger partial charge >= 0.3 is 0 Å². The SMILES string of the molecule is CC(C)C[C@H](N)COC(c1ccccc1)(c1ccccc1)c1ccccc1Cl. The number of nitrogens with two attached hydrogens (primary N) is 1. The van der Waals surface area contributed by atoms with Gasteiger partial charge in [-0.1, -0.05) is 104 Å². The fourth-order valence-corrected chi connectivity index (χ4v) is 3.99. The third-order valence-electron chi connectivity index (χ3n) is 4.90. The molecule has 3 heteroatoms. The lowest BCUT2D eigenvalue weighted by Crippen LogP contribution is -2.38. The molecule has 28 heavy (non-hydrogen) atoms. The van der Waals surface area contributed by atoms with Crippen molar-refractivity contribution in [3.63, 3.8) is 0 Å². The molecule has 0 spiro atoms. The van der Waals surface area contributed by atoms with Gasteiger partial charge in [0, 0.05) is 16.6 Å². The highest BCUT2D eigenvalue weighted by Gasteiger charge is 2.39. The number of hydrogen-bond acceptors (Lipinski definition) is 2. The van der Waals surface area contributed by atoms with Crippen LogP contribution in [0, 0.1) is 5.92 Å². The zero-order valence-electron chi connectivity index (χ0n) is 16.5. The van der Waals surface area contributed by atoms with E-state index in [9.17, 15) is 0 Å². The van der Waals surface area contributed by atoms with Crippen molar-refractivity contribution in [1.82, 2.24) is 0 Å². The maximum Gasteiger partial charge on any atom is 0.145 e. The van der Waals surface area contributed by atoms with Gasteiger partial charge < -0.3 is 10.5 Å². The van der Waals surface area contributed by atoms with Crippen LogP contribution in [0.25, 0.3) is 0 Å². The van der Waals surface area contributed by atoms with Crippen molar-refractivity contribution in [3.05, 3.63) is 107 Å². The highest BCUT2D eigenvalue weighted by molar-refractivity contribution is 6.31. The predicted molar refractivity (Wildman–Crippen MR) is 118 cm³/mol. The second-order valence-corrected chi connectivity index (χ2v) is 8.00. The first-order valence-corrected chi connectivity index (χ1v) is 10.2. The molecule has 3 aromatic rings. The molecule has 0 unspecified atom stereocenters. The normalized spacial score (nSPS) is 12.9. The summed E-state index contributed by atoms with van der Waals surface area (Å²) in [6, 6.07) is 28.3. The van der Waals surface area contributed by atoms with Crippen LogP contribution in [0.5, 0.6) is 0 Å². The minimum Gasteiger partial charge on any atom is -0.359 e. The Labute approximate surface area is 173 Å². The van der Waals surface area contributed by atoms with Crippen LogP contribution in [0.15, 0.2) is 84.9 Å². The summed E-state index contributed by atoms with van der Waals surface area (Å²) >= 11 is 6.70. The third-order valence-corrected chi connectivity index (χ3v) is 5.23. The first-order valence-electron chi connectivity index (χ1n) is 9.79. The summed E-state index contributed by atoms with van der Waals surface area (Å²) in [5, 5.41) is 0.674. The molecule has 0 aliphatic carbocycles. The highest BCUT2D eigenvalue weighted by Crippen LogP contribution is 2.43. The van der Waals surface area contributed by atoms with Crippen molar-refractivity contribution in [2.75, 3.05) is 6.61 Å². The van der Waals surface area contributed by atoms with Gasteiger partial charge in [0.1, 0.15) is 5.60 Å². The number of ether oxygens (including phenoxy) is 1. The Morgan fingerprint density at radius 2 is 1.32 bits per heavy atom. The van der Waals surface area contributed by atoms with Gasteiger partial charge in [-0.25, -0.2) is 0 Å². The molecule has 0 heterocycles. The highest BCUT2D eigenvalue weighted by atomic mass is 35.5. The predicted octanol–water partition coefficient (Wildman–Crippen LogP) is 6.02. The van der Waals surface area contributed by atoms with E-state index in [1.807, 2.05) is 60.7 Å². The van der Waals surface area contributed by atoms with Gasteiger partial charge in [-0.2, -0.15) is 0 Å². The molecular weight excluding hydrogens is 366 g/mol. The average Bonchev–Trinajstić information content (AvgIpc) is 2.71. The van der Waals surface area contributed by atoms with Crippen molar-refractivity contribution >= 4 is 11.6 Å². The van der Waals surface area contributed by atoms with Gasteiger partial charge in [-0.3, -0.25) is 0 Å². The molecule has 0 aliphatic rings. The summed E-state index contributed by atoms with van der Waals surface area (Å²) in [5.74, 6) is 0.516. The zero-order valence-corrected chi connectivity index (χ0v) is 17.3. The Balaban J connectivity index is 2.17. The molecule has 0 radical (unpaired) electrons. The van der Waals surface area contributed by atoms with Crippen molar-refractivity contribution in [1.29, 1.82) is 0 Å². The molecular formula is C25H28ClNO. The van der Waals surface area contributed by atoms with Crippen LogP contribution in [0.2, 0.25) is 5.02 Å². The van der Waals surface area contributed by atoms with Crippen LogP contribution in [-0.4, -0.2) is 12.6 Å². The second-order valence-electron chi connectivity index (χ2n) is 7.59. The third kappa shape index (κ3) is 4.47. The summed E-state index contributed by atoms with van der Waals surface area (Å²) < 4.78 is 6.72. The molecule has 146 valence electrons. The van der Waals surface area contributed by atoms with E-state index < -0.39 is 5.60 Å². The van der Waals surface area contributed by atoms with Crippen molar-refractivity contribution in [2.45, 2.75) is 31.9 Å². The van der Waals surface area contributed by atoms with Gasteiger partial charge in [0.2, 0.25) is 0 Å².